The Morgan fingerprint density at radius 2 is 1.79 bits per heavy atom. The molecule has 0 aromatic rings. The van der Waals surface area contributed by atoms with Crippen LogP contribution in [0, 0.1) is 0 Å². The van der Waals surface area contributed by atoms with Crippen molar-refractivity contribution in [2.24, 2.45) is 0 Å². The van der Waals surface area contributed by atoms with Crippen LogP contribution in [0.25, 0.3) is 0 Å². The molecule has 0 saturated heterocycles. The second-order valence-corrected chi connectivity index (χ2v) is 2.24. The van der Waals surface area contributed by atoms with Crippen molar-refractivity contribution in [2.45, 2.75) is 6.42 Å². The topological polar surface area (TPSA) is 118 Å². The van der Waals surface area contributed by atoms with Crippen LogP contribution in [0.1, 0.15) is 6.42 Å². The molecule has 0 amide bonds. The lowest BCUT2D eigenvalue weighted by atomic mass is 10.2. The monoisotopic (exact) mass is 198 g/mol. The van der Waals surface area contributed by atoms with Crippen molar-refractivity contribution in [3.63, 3.8) is 0 Å². The average molecular weight is 198 g/mol. The Bertz CT molecular complexity index is 312. The highest BCUT2D eigenvalue weighted by Gasteiger charge is 2.05. The number of carbonyl (C=O) groups is 3. The summed E-state index contributed by atoms with van der Waals surface area (Å²) < 4.78 is 0. The Labute approximate surface area is 78.8 Å². The van der Waals surface area contributed by atoms with Crippen molar-refractivity contribution in [3.8, 4) is 0 Å². The fourth-order valence-corrected chi connectivity index (χ4v) is 0.561. The molecule has 0 rings (SSSR count). The summed E-state index contributed by atoms with van der Waals surface area (Å²) >= 11 is 0. The number of carboxylic acids is 2. The molecule has 6 heteroatoms. The lowest BCUT2D eigenvalue weighted by molar-refractivity contribution is -0.305. The Hall–Kier alpha value is -2.11. The van der Waals surface area contributed by atoms with E-state index >= 15 is 0 Å². The van der Waals surface area contributed by atoms with Gasteiger partial charge in [0.15, 0.2) is 0 Å². The van der Waals surface area contributed by atoms with Crippen molar-refractivity contribution in [2.75, 3.05) is 0 Å². The first-order chi connectivity index (χ1) is 6.47. The Morgan fingerprint density at radius 3 is 2.14 bits per heavy atom. The largest absolute Gasteiger partial charge is 0.878 e. The van der Waals surface area contributed by atoms with E-state index in [9.17, 15) is 24.6 Å². The van der Waals surface area contributed by atoms with Crippen LogP contribution in [0.15, 0.2) is 24.0 Å². The molecule has 0 atom stereocenters. The van der Waals surface area contributed by atoms with Crippen LogP contribution in [0.2, 0.25) is 0 Å². The van der Waals surface area contributed by atoms with Crippen molar-refractivity contribution in [3.05, 3.63) is 24.0 Å². The highest BCUT2D eigenvalue weighted by Crippen LogP contribution is 2.00. The molecule has 0 aliphatic rings. The minimum absolute atomic E-state index is 0.210. The lowest BCUT2D eigenvalue weighted by Crippen LogP contribution is -2.22. The van der Waals surface area contributed by atoms with Gasteiger partial charge in [-0.2, -0.15) is 0 Å². The van der Waals surface area contributed by atoms with Gasteiger partial charge in [0.1, 0.15) is 0 Å². The van der Waals surface area contributed by atoms with E-state index in [0.717, 1.165) is 6.08 Å². The molecule has 0 aromatic heterocycles. The quantitative estimate of drug-likeness (QED) is 0.227. The van der Waals surface area contributed by atoms with Crippen LogP contribution in [-0.2, 0) is 14.4 Å². The zero-order valence-electron chi connectivity index (χ0n) is 6.93. The molecule has 0 aromatic carbocycles. The van der Waals surface area contributed by atoms with Crippen LogP contribution in [0.4, 0.5) is 0 Å². The summed E-state index contributed by atoms with van der Waals surface area (Å²) in [6, 6.07) is 0. The van der Waals surface area contributed by atoms with Crippen molar-refractivity contribution >= 4 is 17.7 Å². The van der Waals surface area contributed by atoms with E-state index in [1.807, 2.05) is 0 Å². The van der Waals surface area contributed by atoms with Gasteiger partial charge in [0.05, 0.1) is 0 Å². The third-order valence-electron chi connectivity index (χ3n) is 1.16. The van der Waals surface area contributed by atoms with Crippen molar-refractivity contribution in [1.82, 2.24) is 0 Å². The van der Waals surface area contributed by atoms with Gasteiger partial charge in [0.2, 0.25) is 0 Å². The van der Waals surface area contributed by atoms with Gasteiger partial charge in [-0.1, -0.05) is 11.6 Å². The van der Waals surface area contributed by atoms with Gasteiger partial charge in [-0.15, -0.1) is 6.26 Å². The van der Waals surface area contributed by atoms with E-state index in [2.05, 4.69) is 0 Å². The molecule has 1 N–H and O–H groups in total. The van der Waals surface area contributed by atoms with E-state index in [4.69, 9.17) is 5.11 Å². The van der Waals surface area contributed by atoms with E-state index in [1.54, 1.807) is 0 Å². The first kappa shape index (κ1) is 11.9. The summed E-state index contributed by atoms with van der Waals surface area (Å²) in [5.41, 5.74) is -0.236. The van der Waals surface area contributed by atoms with Crippen LogP contribution >= 0.6 is 0 Å². The standard InChI is InChI=1S/C8H8O6/c9-4-5(3-7(11)12)1-2-6(10)8(13)14/h1-2,4,9H,3H2,(H,11,12)(H,13,14)/p-2/b2-1+,5-4+. The minimum atomic E-state index is -1.68. The van der Waals surface area contributed by atoms with E-state index in [1.165, 1.54) is 0 Å². The molecule has 76 valence electrons. The lowest BCUT2D eigenvalue weighted by Gasteiger charge is -2.04. The second kappa shape index (κ2) is 5.52. The van der Waals surface area contributed by atoms with Gasteiger partial charge in [0, 0.05) is 12.4 Å². The number of hydrogen-bond donors (Lipinski definition) is 1. The molecular weight excluding hydrogens is 192 g/mol. The van der Waals surface area contributed by atoms with Crippen molar-refractivity contribution < 1.29 is 29.7 Å². The van der Waals surface area contributed by atoms with E-state index in [0.29, 0.717) is 6.08 Å². The molecule has 14 heavy (non-hydrogen) atoms. The van der Waals surface area contributed by atoms with Crippen LogP contribution < -0.4 is 10.2 Å². The maximum atomic E-state index is 10.5. The first-order valence-electron chi connectivity index (χ1n) is 3.43. The molecule has 0 aliphatic carbocycles. The molecule has 0 bridgehead atoms. The Morgan fingerprint density at radius 1 is 1.21 bits per heavy atom. The number of aliphatic carboxylic acids is 2. The fraction of sp³-hybridized carbons (Fsp3) is 0.125. The molecular formula is C8H6O6-2. The summed E-state index contributed by atoms with van der Waals surface area (Å²) in [5, 5.41) is 28.3. The van der Waals surface area contributed by atoms with E-state index < -0.39 is 24.1 Å². The number of rotatable bonds is 5. The third kappa shape index (κ3) is 4.70. The fourth-order valence-electron chi connectivity index (χ4n) is 0.561. The zero-order chi connectivity index (χ0) is 11.1. The van der Waals surface area contributed by atoms with Crippen LogP contribution in [-0.4, -0.2) is 22.8 Å². The summed E-state index contributed by atoms with van der Waals surface area (Å²) in [7, 11) is 0. The minimum Gasteiger partial charge on any atom is -0.878 e. The van der Waals surface area contributed by atoms with Gasteiger partial charge in [-0.3, -0.25) is 4.79 Å². The summed E-state index contributed by atoms with van der Waals surface area (Å²) in [4.78, 5) is 30.5. The molecule has 0 fully saturated rings. The van der Waals surface area contributed by atoms with E-state index in [-0.39, 0.29) is 11.8 Å². The zero-order valence-corrected chi connectivity index (χ0v) is 6.93. The molecule has 0 heterocycles. The van der Waals surface area contributed by atoms with Gasteiger partial charge in [-0.05, 0) is 6.08 Å². The molecule has 0 aliphatic heterocycles. The van der Waals surface area contributed by atoms with Crippen LogP contribution in [0.5, 0.6) is 0 Å². The molecule has 0 spiro atoms. The van der Waals surface area contributed by atoms with Crippen LogP contribution in [0.3, 0.4) is 0 Å². The maximum absolute atomic E-state index is 10.5. The summed E-state index contributed by atoms with van der Waals surface area (Å²) in [6.07, 6.45) is 0.989. The molecule has 6 nitrogen and oxygen atoms in total. The Kier molecular flexibility index (Phi) is 4.69. The summed E-state index contributed by atoms with van der Waals surface area (Å²) in [6.45, 7) is 0. The maximum Gasteiger partial charge on any atom is 0.376 e. The highest BCUT2D eigenvalue weighted by molar-refractivity contribution is 6.37. The molecule has 0 radical (unpaired) electrons. The predicted octanol–water partition coefficient (Wildman–Crippen LogP) is -2.42. The third-order valence-corrected chi connectivity index (χ3v) is 1.16. The van der Waals surface area contributed by atoms with Gasteiger partial charge < -0.3 is 20.1 Å². The molecule has 0 saturated carbocycles. The number of ketones is 1. The number of allylic oxidation sites excluding steroid dienone is 1. The van der Waals surface area contributed by atoms with Gasteiger partial charge >= 0.3 is 5.97 Å². The number of carboxylic acid groups (broad SMARTS) is 2. The average Bonchev–Trinajstić information content (AvgIpc) is 2.10. The molecule has 0 unspecified atom stereocenters. The smallest absolute Gasteiger partial charge is 0.376 e. The predicted molar refractivity (Wildman–Crippen MR) is 39.5 cm³/mol. The normalized spacial score (nSPS) is 11.6. The SMILES string of the molecule is O=C([O-])CC(=C/[O-])/C=C/C(=O)C(=O)O. The number of carbonyl (C=O) groups excluding carboxylic acids is 2. The second-order valence-electron chi connectivity index (χ2n) is 2.24. The first-order valence-corrected chi connectivity index (χ1v) is 3.43. The summed E-state index contributed by atoms with van der Waals surface area (Å²) in [5.74, 6) is -4.40. The number of hydrogen-bond acceptors (Lipinski definition) is 5. The highest BCUT2D eigenvalue weighted by atomic mass is 16.4. The van der Waals surface area contributed by atoms with Gasteiger partial charge in [-0.25, -0.2) is 4.79 Å². The Balaban J connectivity index is 4.41. The van der Waals surface area contributed by atoms with Gasteiger partial charge in [0.25, 0.3) is 5.78 Å². The van der Waals surface area contributed by atoms with Crippen molar-refractivity contribution in [1.29, 1.82) is 0 Å².